The number of benzene rings is 1. The van der Waals surface area contributed by atoms with Crippen molar-refractivity contribution in [1.82, 2.24) is 10.2 Å². The molecule has 1 saturated heterocycles. The van der Waals surface area contributed by atoms with Crippen LogP contribution in [0.15, 0.2) is 24.3 Å². The molecule has 0 saturated carbocycles. The van der Waals surface area contributed by atoms with E-state index in [9.17, 15) is 9.59 Å². The van der Waals surface area contributed by atoms with Gasteiger partial charge in [0.05, 0.1) is 0 Å². The Hall–Kier alpha value is -1.88. The van der Waals surface area contributed by atoms with E-state index in [4.69, 9.17) is 0 Å². The van der Waals surface area contributed by atoms with Crippen molar-refractivity contribution in [3.8, 4) is 0 Å². The standard InChI is InChI=1S/C15H21N3O2/c1-11(19)17-13-7-5-12(6-8-13)15(20)16-10-14-4-3-9-18(14)2/h5-8,14H,3-4,9-10H2,1-2H3,(H,16,20)(H,17,19). The SMILES string of the molecule is CC(=O)Nc1ccc(C(=O)NCC2CCCN2C)cc1. The third kappa shape index (κ3) is 3.81. The van der Waals surface area contributed by atoms with Crippen LogP contribution < -0.4 is 10.6 Å². The van der Waals surface area contributed by atoms with Gasteiger partial charge in [-0.3, -0.25) is 9.59 Å². The molecule has 5 heteroatoms. The first-order valence-electron chi connectivity index (χ1n) is 6.92. The molecule has 2 N–H and O–H groups in total. The van der Waals surface area contributed by atoms with Crippen LogP contribution in [-0.4, -0.2) is 42.9 Å². The number of nitrogens with one attached hydrogen (secondary N) is 2. The average Bonchev–Trinajstić information content (AvgIpc) is 2.82. The van der Waals surface area contributed by atoms with E-state index < -0.39 is 0 Å². The highest BCUT2D eigenvalue weighted by Gasteiger charge is 2.21. The lowest BCUT2D eigenvalue weighted by atomic mass is 10.1. The zero-order valence-electron chi connectivity index (χ0n) is 12.0. The molecule has 1 aliphatic rings. The molecule has 1 unspecified atom stereocenters. The molecule has 2 amide bonds. The van der Waals surface area contributed by atoms with Gasteiger partial charge in [0, 0.05) is 30.8 Å². The van der Waals surface area contributed by atoms with Crippen LogP contribution in [0, 0.1) is 0 Å². The van der Waals surface area contributed by atoms with Gasteiger partial charge in [-0.05, 0) is 50.7 Å². The molecule has 0 spiro atoms. The number of hydrogen-bond acceptors (Lipinski definition) is 3. The summed E-state index contributed by atoms with van der Waals surface area (Å²) in [4.78, 5) is 25.2. The summed E-state index contributed by atoms with van der Waals surface area (Å²) in [6.45, 7) is 3.24. The fourth-order valence-corrected chi connectivity index (χ4v) is 2.46. The Morgan fingerprint density at radius 1 is 1.30 bits per heavy atom. The van der Waals surface area contributed by atoms with Crippen molar-refractivity contribution >= 4 is 17.5 Å². The summed E-state index contributed by atoms with van der Waals surface area (Å²) in [7, 11) is 2.09. The Labute approximate surface area is 119 Å². The van der Waals surface area contributed by atoms with Gasteiger partial charge in [-0.2, -0.15) is 0 Å². The van der Waals surface area contributed by atoms with Crippen molar-refractivity contribution in [1.29, 1.82) is 0 Å². The van der Waals surface area contributed by atoms with Crippen molar-refractivity contribution in [2.45, 2.75) is 25.8 Å². The number of nitrogens with zero attached hydrogens (tertiary/aromatic N) is 1. The van der Waals surface area contributed by atoms with Crippen LogP contribution in [0.4, 0.5) is 5.69 Å². The zero-order valence-corrected chi connectivity index (χ0v) is 12.0. The minimum Gasteiger partial charge on any atom is -0.350 e. The van der Waals surface area contributed by atoms with Gasteiger partial charge in [-0.1, -0.05) is 0 Å². The van der Waals surface area contributed by atoms with Gasteiger partial charge in [-0.15, -0.1) is 0 Å². The average molecular weight is 275 g/mol. The number of amides is 2. The maximum absolute atomic E-state index is 12.0. The molecule has 1 heterocycles. The van der Waals surface area contributed by atoms with Crippen LogP contribution in [0.1, 0.15) is 30.1 Å². The Bertz CT molecular complexity index is 484. The molecule has 108 valence electrons. The third-order valence-electron chi connectivity index (χ3n) is 3.64. The van der Waals surface area contributed by atoms with E-state index in [1.165, 1.54) is 13.3 Å². The lowest BCUT2D eigenvalue weighted by Crippen LogP contribution is -2.38. The summed E-state index contributed by atoms with van der Waals surface area (Å²) in [5.74, 6) is -0.189. The molecule has 1 aliphatic heterocycles. The smallest absolute Gasteiger partial charge is 0.251 e. The van der Waals surface area contributed by atoms with Crippen LogP contribution in [0.2, 0.25) is 0 Å². The molecule has 0 bridgehead atoms. The van der Waals surface area contributed by atoms with Crippen molar-refractivity contribution in [3.63, 3.8) is 0 Å². The van der Waals surface area contributed by atoms with Crippen LogP contribution in [0.5, 0.6) is 0 Å². The summed E-state index contributed by atoms with van der Waals surface area (Å²) >= 11 is 0. The number of rotatable bonds is 4. The van der Waals surface area contributed by atoms with Crippen molar-refractivity contribution in [3.05, 3.63) is 29.8 Å². The Morgan fingerprint density at radius 2 is 2.00 bits per heavy atom. The van der Waals surface area contributed by atoms with Crippen LogP contribution in [0.3, 0.4) is 0 Å². The molecule has 1 atom stereocenters. The second-order valence-electron chi connectivity index (χ2n) is 5.25. The molecule has 5 nitrogen and oxygen atoms in total. The fraction of sp³-hybridized carbons (Fsp3) is 0.467. The molecule has 1 fully saturated rings. The highest BCUT2D eigenvalue weighted by Crippen LogP contribution is 2.14. The number of likely N-dealkylation sites (N-methyl/N-ethyl adjacent to an activating group) is 1. The van der Waals surface area contributed by atoms with E-state index in [1.807, 2.05) is 0 Å². The zero-order chi connectivity index (χ0) is 14.5. The Morgan fingerprint density at radius 3 is 2.55 bits per heavy atom. The quantitative estimate of drug-likeness (QED) is 0.874. The molecular formula is C15H21N3O2. The molecule has 2 rings (SSSR count). The molecule has 0 aliphatic carbocycles. The first-order valence-corrected chi connectivity index (χ1v) is 6.92. The number of carbonyl (C=O) groups excluding carboxylic acids is 2. The van der Waals surface area contributed by atoms with Crippen LogP contribution in [0.25, 0.3) is 0 Å². The number of carbonyl (C=O) groups is 2. The molecule has 1 aromatic carbocycles. The summed E-state index contributed by atoms with van der Waals surface area (Å²) in [5.41, 5.74) is 1.31. The van der Waals surface area contributed by atoms with Gasteiger partial charge in [0.25, 0.3) is 5.91 Å². The van der Waals surface area contributed by atoms with E-state index in [-0.39, 0.29) is 11.8 Å². The highest BCUT2D eigenvalue weighted by atomic mass is 16.2. The van der Waals surface area contributed by atoms with E-state index in [0.29, 0.717) is 23.8 Å². The van der Waals surface area contributed by atoms with Gasteiger partial charge in [0.15, 0.2) is 0 Å². The van der Waals surface area contributed by atoms with Crippen molar-refractivity contribution in [2.75, 3.05) is 25.5 Å². The van der Waals surface area contributed by atoms with E-state index in [2.05, 4.69) is 22.6 Å². The largest absolute Gasteiger partial charge is 0.350 e. The number of anilines is 1. The van der Waals surface area contributed by atoms with Gasteiger partial charge in [0.1, 0.15) is 0 Å². The molecule has 1 aromatic rings. The normalized spacial score (nSPS) is 18.8. The fourth-order valence-electron chi connectivity index (χ4n) is 2.46. The second-order valence-corrected chi connectivity index (χ2v) is 5.25. The lowest BCUT2D eigenvalue weighted by Gasteiger charge is -2.19. The molecule has 20 heavy (non-hydrogen) atoms. The minimum atomic E-state index is -0.119. The predicted molar refractivity (Wildman–Crippen MR) is 78.7 cm³/mol. The maximum Gasteiger partial charge on any atom is 0.251 e. The van der Waals surface area contributed by atoms with Crippen molar-refractivity contribution in [2.24, 2.45) is 0 Å². The molecule has 0 aromatic heterocycles. The van der Waals surface area contributed by atoms with Crippen LogP contribution in [-0.2, 0) is 4.79 Å². The lowest BCUT2D eigenvalue weighted by molar-refractivity contribution is -0.114. The van der Waals surface area contributed by atoms with Gasteiger partial charge >= 0.3 is 0 Å². The topological polar surface area (TPSA) is 61.4 Å². The third-order valence-corrected chi connectivity index (χ3v) is 3.64. The van der Waals surface area contributed by atoms with Crippen LogP contribution >= 0.6 is 0 Å². The summed E-state index contributed by atoms with van der Waals surface area (Å²) in [6, 6.07) is 7.35. The Balaban J connectivity index is 1.87. The minimum absolute atomic E-state index is 0.0697. The van der Waals surface area contributed by atoms with Gasteiger partial charge in [-0.25, -0.2) is 0 Å². The first kappa shape index (κ1) is 14.5. The van der Waals surface area contributed by atoms with Crippen molar-refractivity contribution < 1.29 is 9.59 Å². The van der Waals surface area contributed by atoms with E-state index in [0.717, 1.165) is 13.0 Å². The highest BCUT2D eigenvalue weighted by molar-refractivity contribution is 5.95. The predicted octanol–water partition coefficient (Wildman–Crippen LogP) is 1.47. The summed E-state index contributed by atoms with van der Waals surface area (Å²) in [5, 5.41) is 5.64. The number of hydrogen-bond donors (Lipinski definition) is 2. The summed E-state index contributed by atoms with van der Waals surface area (Å²) in [6.07, 6.45) is 2.33. The first-order chi connectivity index (χ1) is 9.56. The molecule has 0 radical (unpaired) electrons. The van der Waals surface area contributed by atoms with Gasteiger partial charge < -0.3 is 15.5 Å². The maximum atomic E-state index is 12.0. The second kappa shape index (κ2) is 6.52. The van der Waals surface area contributed by atoms with Gasteiger partial charge in [0.2, 0.25) is 5.91 Å². The van der Waals surface area contributed by atoms with E-state index >= 15 is 0 Å². The number of likely N-dealkylation sites (tertiary alicyclic amines) is 1. The summed E-state index contributed by atoms with van der Waals surface area (Å²) < 4.78 is 0. The molecular weight excluding hydrogens is 254 g/mol. The van der Waals surface area contributed by atoms with E-state index in [1.54, 1.807) is 24.3 Å². The Kier molecular flexibility index (Phi) is 4.74. The monoisotopic (exact) mass is 275 g/mol.